The van der Waals surface area contributed by atoms with Gasteiger partial charge >= 0.3 is 0 Å². The molecule has 5 nitrogen and oxygen atoms in total. The number of hydrogen-bond donors (Lipinski definition) is 1. The van der Waals surface area contributed by atoms with Crippen LogP contribution < -0.4 is 4.90 Å². The number of anilines is 1. The first-order chi connectivity index (χ1) is 7.00. The second kappa shape index (κ2) is 4.59. The highest BCUT2D eigenvalue weighted by Crippen LogP contribution is 2.23. The monoisotopic (exact) mass is 230 g/mol. The van der Waals surface area contributed by atoms with Crippen molar-refractivity contribution >= 4 is 15.8 Å². The predicted molar refractivity (Wildman–Crippen MR) is 57.6 cm³/mol. The molecule has 0 spiro atoms. The zero-order chi connectivity index (χ0) is 11.5. The third kappa shape index (κ3) is 2.66. The van der Waals surface area contributed by atoms with Crippen molar-refractivity contribution in [3.8, 4) is 0 Å². The molecule has 0 bridgehead atoms. The van der Waals surface area contributed by atoms with Gasteiger partial charge in [0, 0.05) is 19.3 Å². The van der Waals surface area contributed by atoms with Crippen molar-refractivity contribution in [3.63, 3.8) is 0 Å². The average molecular weight is 230 g/mol. The topological polar surface area (TPSA) is 70.5 Å². The Bertz CT molecular complexity index is 427. The van der Waals surface area contributed by atoms with Crippen molar-refractivity contribution in [2.24, 2.45) is 0 Å². The van der Waals surface area contributed by atoms with Crippen LogP contribution in [0.15, 0.2) is 23.4 Å². The molecule has 0 aromatic carbocycles. The normalized spacial score (nSPS) is 11.4. The molecule has 0 fully saturated rings. The molecule has 0 amide bonds. The first kappa shape index (κ1) is 11.9. The summed E-state index contributed by atoms with van der Waals surface area (Å²) in [7, 11) is -4.20. The first-order valence-corrected chi connectivity index (χ1v) is 6.11. The highest BCUT2D eigenvalue weighted by molar-refractivity contribution is 7.86. The maximum absolute atomic E-state index is 11.1. The molecule has 0 radical (unpaired) electrons. The fourth-order valence-electron chi connectivity index (χ4n) is 1.40. The van der Waals surface area contributed by atoms with Crippen LogP contribution in [-0.4, -0.2) is 31.0 Å². The van der Waals surface area contributed by atoms with Crippen LogP contribution in [-0.2, 0) is 10.1 Å². The fraction of sp³-hybridized carbons (Fsp3) is 0.444. The summed E-state index contributed by atoms with van der Waals surface area (Å²) in [6.45, 7) is 5.17. The molecule has 15 heavy (non-hydrogen) atoms. The highest BCUT2D eigenvalue weighted by Gasteiger charge is 2.18. The van der Waals surface area contributed by atoms with Gasteiger partial charge in [0.2, 0.25) is 0 Å². The van der Waals surface area contributed by atoms with Crippen LogP contribution in [0.25, 0.3) is 0 Å². The van der Waals surface area contributed by atoms with Crippen LogP contribution in [0.5, 0.6) is 0 Å². The molecule has 84 valence electrons. The van der Waals surface area contributed by atoms with E-state index in [0.29, 0.717) is 18.8 Å². The highest BCUT2D eigenvalue weighted by atomic mass is 32.2. The molecular formula is C9H14N2O3S. The van der Waals surface area contributed by atoms with Crippen LogP contribution in [0.3, 0.4) is 0 Å². The number of hydrogen-bond acceptors (Lipinski definition) is 4. The first-order valence-electron chi connectivity index (χ1n) is 4.67. The summed E-state index contributed by atoms with van der Waals surface area (Å²) >= 11 is 0. The van der Waals surface area contributed by atoms with Crippen molar-refractivity contribution < 1.29 is 13.0 Å². The van der Waals surface area contributed by atoms with Crippen molar-refractivity contribution in [3.05, 3.63) is 18.5 Å². The van der Waals surface area contributed by atoms with Gasteiger partial charge in [-0.05, 0) is 19.9 Å². The lowest BCUT2D eigenvalue weighted by Crippen LogP contribution is -2.24. The van der Waals surface area contributed by atoms with Gasteiger partial charge in [0.05, 0.1) is 11.9 Å². The van der Waals surface area contributed by atoms with Gasteiger partial charge in [-0.1, -0.05) is 0 Å². The molecule has 0 atom stereocenters. The van der Waals surface area contributed by atoms with Crippen LogP contribution >= 0.6 is 0 Å². The minimum absolute atomic E-state index is 0.145. The van der Waals surface area contributed by atoms with Gasteiger partial charge in [-0.2, -0.15) is 8.42 Å². The van der Waals surface area contributed by atoms with E-state index in [2.05, 4.69) is 4.98 Å². The maximum Gasteiger partial charge on any atom is 0.298 e. The smallest absolute Gasteiger partial charge is 0.298 e. The molecule has 0 aliphatic carbocycles. The molecule has 0 aliphatic heterocycles. The number of aromatic nitrogens is 1. The van der Waals surface area contributed by atoms with Crippen molar-refractivity contribution in [2.45, 2.75) is 18.7 Å². The van der Waals surface area contributed by atoms with Gasteiger partial charge in [-0.15, -0.1) is 0 Å². The summed E-state index contributed by atoms with van der Waals surface area (Å²) in [6, 6.07) is 1.58. The van der Waals surface area contributed by atoms with E-state index in [1.54, 1.807) is 6.07 Å². The summed E-state index contributed by atoms with van der Waals surface area (Å²) in [5.74, 6) is 0. The third-order valence-corrected chi connectivity index (χ3v) is 3.02. The largest absolute Gasteiger partial charge is 0.371 e. The van der Waals surface area contributed by atoms with Gasteiger partial charge in [-0.25, -0.2) is 0 Å². The number of nitrogens with zero attached hydrogens (tertiary/aromatic N) is 2. The van der Waals surface area contributed by atoms with Gasteiger partial charge in [0.25, 0.3) is 10.1 Å². The molecule has 0 unspecified atom stereocenters. The van der Waals surface area contributed by atoms with Crippen LogP contribution in [0.4, 0.5) is 5.69 Å². The number of pyridine rings is 1. The quantitative estimate of drug-likeness (QED) is 0.786. The fourth-order valence-corrected chi connectivity index (χ4v) is 2.05. The summed E-state index contributed by atoms with van der Waals surface area (Å²) in [5.41, 5.74) is 0.484. The molecule has 1 heterocycles. The lowest BCUT2D eigenvalue weighted by atomic mass is 10.3. The van der Waals surface area contributed by atoms with Crippen molar-refractivity contribution in [1.29, 1.82) is 0 Å². The van der Waals surface area contributed by atoms with E-state index in [0.717, 1.165) is 6.20 Å². The average Bonchev–Trinajstić information content (AvgIpc) is 2.19. The Kier molecular flexibility index (Phi) is 3.65. The van der Waals surface area contributed by atoms with E-state index < -0.39 is 10.1 Å². The molecule has 0 aliphatic rings. The van der Waals surface area contributed by atoms with Gasteiger partial charge in [-0.3, -0.25) is 9.54 Å². The minimum Gasteiger partial charge on any atom is -0.371 e. The lowest BCUT2D eigenvalue weighted by Gasteiger charge is -2.22. The Morgan fingerprint density at radius 2 is 2.00 bits per heavy atom. The Labute approximate surface area is 89.5 Å². The van der Waals surface area contributed by atoms with Crippen molar-refractivity contribution in [2.75, 3.05) is 18.0 Å². The predicted octanol–water partition coefficient (Wildman–Crippen LogP) is 1.17. The minimum atomic E-state index is -4.20. The Hall–Kier alpha value is -1.14. The Morgan fingerprint density at radius 3 is 2.47 bits per heavy atom. The van der Waals surface area contributed by atoms with E-state index in [4.69, 9.17) is 4.55 Å². The molecule has 0 saturated carbocycles. The molecular weight excluding hydrogens is 216 g/mol. The third-order valence-electron chi connectivity index (χ3n) is 2.14. The standard InChI is InChI=1S/C9H14N2O3S/c1-3-11(4-2)8-5-6-10-7-9(8)15(12,13)14/h5-7H,3-4H2,1-2H3,(H,12,13,14). The summed E-state index contributed by atoms with van der Waals surface area (Å²) in [6.07, 6.45) is 2.66. The molecule has 1 rings (SSSR count). The molecule has 1 N–H and O–H groups in total. The summed E-state index contributed by atoms with van der Waals surface area (Å²) < 4.78 is 31.2. The molecule has 6 heteroatoms. The van der Waals surface area contributed by atoms with E-state index in [9.17, 15) is 8.42 Å². The van der Waals surface area contributed by atoms with E-state index in [1.165, 1.54) is 6.20 Å². The van der Waals surface area contributed by atoms with Crippen LogP contribution in [0, 0.1) is 0 Å². The van der Waals surface area contributed by atoms with Crippen LogP contribution in [0.2, 0.25) is 0 Å². The zero-order valence-electron chi connectivity index (χ0n) is 8.71. The van der Waals surface area contributed by atoms with Gasteiger partial charge < -0.3 is 4.90 Å². The molecule has 0 saturated heterocycles. The molecule has 1 aromatic heterocycles. The van der Waals surface area contributed by atoms with Crippen molar-refractivity contribution in [1.82, 2.24) is 4.98 Å². The van der Waals surface area contributed by atoms with E-state index in [1.807, 2.05) is 18.7 Å². The second-order valence-electron chi connectivity index (χ2n) is 2.99. The SMILES string of the molecule is CCN(CC)c1ccncc1S(=O)(=O)O. The second-order valence-corrected chi connectivity index (χ2v) is 4.38. The Balaban J connectivity index is 3.29. The zero-order valence-corrected chi connectivity index (χ0v) is 9.53. The summed E-state index contributed by atoms with van der Waals surface area (Å²) in [5, 5.41) is 0. The van der Waals surface area contributed by atoms with E-state index in [-0.39, 0.29) is 4.90 Å². The maximum atomic E-state index is 11.1. The van der Waals surface area contributed by atoms with Crippen LogP contribution in [0.1, 0.15) is 13.8 Å². The Morgan fingerprint density at radius 1 is 1.40 bits per heavy atom. The van der Waals surface area contributed by atoms with Gasteiger partial charge in [0.15, 0.2) is 0 Å². The summed E-state index contributed by atoms with van der Waals surface area (Å²) in [4.78, 5) is 5.39. The lowest BCUT2D eigenvalue weighted by molar-refractivity contribution is 0.482. The molecule has 1 aromatic rings. The van der Waals surface area contributed by atoms with Gasteiger partial charge in [0.1, 0.15) is 4.90 Å². The van der Waals surface area contributed by atoms with E-state index >= 15 is 0 Å². The number of rotatable bonds is 4.